The molecule has 3 rings (SSSR count). The number of aromatic carboxylic acids is 1. The van der Waals surface area contributed by atoms with E-state index in [9.17, 15) is 9.59 Å². The molecule has 1 aromatic heterocycles. The predicted molar refractivity (Wildman–Crippen MR) is 88.7 cm³/mol. The number of carboxylic acids is 1. The fourth-order valence-electron chi connectivity index (χ4n) is 2.38. The molecule has 3 aromatic rings. The molecule has 1 heterocycles. The van der Waals surface area contributed by atoms with Crippen LogP contribution in [0.15, 0.2) is 71.5 Å². The molecule has 0 spiro atoms. The van der Waals surface area contributed by atoms with Gasteiger partial charge in [0.25, 0.3) is 5.56 Å². The maximum Gasteiger partial charge on any atom is 0.335 e. The standard InChI is InChI=1S/C18H14N2O3/c19-20-16(13-4-2-1-3-5-13)10-15(11-17(20)21)12-6-8-14(9-7-12)18(22)23/h1-11H,19H2,(H,22,23). The number of hydrogen-bond acceptors (Lipinski definition) is 3. The zero-order valence-corrected chi connectivity index (χ0v) is 12.1. The summed E-state index contributed by atoms with van der Waals surface area (Å²) in [6.07, 6.45) is 0. The van der Waals surface area contributed by atoms with Gasteiger partial charge in [0.15, 0.2) is 0 Å². The average molecular weight is 306 g/mol. The maximum atomic E-state index is 12.1. The van der Waals surface area contributed by atoms with E-state index in [1.165, 1.54) is 18.2 Å². The molecular weight excluding hydrogens is 292 g/mol. The van der Waals surface area contributed by atoms with Gasteiger partial charge in [0.2, 0.25) is 0 Å². The summed E-state index contributed by atoms with van der Waals surface area (Å²) < 4.78 is 1.10. The number of carbonyl (C=O) groups is 1. The van der Waals surface area contributed by atoms with Gasteiger partial charge in [-0.1, -0.05) is 42.5 Å². The second kappa shape index (κ2) is 5.81. The second-order valence-corrected chi connectivity index (χ2v) is 5.09. The summed E-state index contributed by atoms with van der Waals surface area (Å²) in [5.41, 5.74) is 2.73. The molecular formula is C18H14N2O3. The van der Waals surface area contributed by atoms with Crippen molar-refractivity contribution < 1.29 is 9.90 Å². The summed E-state index contributed by atoms with van der Waals surface area (Å²) in [7, 11) is 0. The minimum Gasteiger partial charge on any atom is -0.478 e. The number of hydrogen-bond donors (Lipinski definition) is 2. The van der Waals surface area contributed by atoms with Gasteiger partial charge in [0.1, 0.15) is 0 Å². The van der Waals surface area contributed by atoms with Crippen LogP contribution in [-0.4, -0.2) is 15.8 Å². The van der Waals surface area contributed by atoms with E-state index in [1.54, 1.807) is 12.1 Å². The lowest BCUT2D eigenvalue weighted by Gasteiger charge is -2.11. The Labute approximate surface area is 132 Å². The van der Waals surface area contributed by atoms with Crippen LogP contribution in [0.5, 0.6) is 0 Å². The molecule has 0 saturated carbocycles. The summed E-state index contributed by atoms with van der Waals surface area (Å²) in [4.78, 5) is 23.0. The van der Waals surface area contributed by atoms with Gasteiger partial charge < -0.3 is 10.9 Å². The predicted octanol–water partition coefficient (Wildman–Crippen LogP) is 2.59. The number of nitrogens with two attached hydrogens (primary N) is 1. The first kappa shape index (κ1) is 14.6. The van der Waals surface area contributed by atoms with Crippen LogP contribution in [0.25, 0.3) is 22.4 Å². The smallest absolute Gasteiger partial charge is 0.335 e. The Morgan fingerprint density at radius 2 is 1.52 bits per heavy atom. The van der Waals surface area contributed by atoms with Crippen LogP contribution in [0, 0.1) is 0 Å². The van der Waals surface area contributed by atoms with Crippen molar-refractivity contribution >= 4 is 5.97 Å². The van der Waals surface area contributed by atoms with Gasteiger partial charge in [0, 0.05) is 11.6 Å². The van der Waals surface area contributed by atoms with Gasteiger partial charge in [-0.3, -0.25) is 4.79 Å². The van der Waals surface area contributed by atoms with E-state index >= 15 is 0 Å². The second-order valence-electron chi connectivity index (χ2n) is 5.09. The first-order valence-corrected chi connectivity index (χ1v) is 6.97. The fraction of sp³-hybridized carbons (Fsp3) is 0. The van der Waals surface area contributed by atoms with Crippen molar-refractivity contribution in [3.63, 3.8) is 0 Å². The van der Waals surface area contributed by atoms with E-state index < -0.39 is 5.97 Å². The summed E-state index contributed by atoms with van der Waals surface area (Å²) in [6.45, 7) is 0. The monoisotopic (exact) mass is 306 g/mol. The summed E-state index contributed by atoms with van der Waals surface area (Å²) >= 11 is 0. The minimum absolute atomic E-state index is 0.198. The molecule has 0 aliphatic rings. The number of nitrogens with zero attached hydrogens (tertiary/aromatic N) is 1. The van der Waals surface area contributed by atoms with Crippen molar-refractivity contribution in [1.82, 2.24) is 4.68 Å². The van der Waals surface area contributed by atoms with Crippen molar-refractivity contribution in [2.24, 2.45) is 0 Å². The van der Waals surface area contributed by atoms with Crippen molar-refractivity contribution in [1.29, 1.82) is 0 Å². The molecule has 5 nitrogen and oxygen atoms in total. The Hall–Kier alpha value is -3.34. The third-order valence-corrected chi connectivity index (χ3v) is 3.60. The molecule has 3 N–H and O–H groups in total. The largest absolute Gasteiger partial charge is 0.478 e. The Bertz CT molecular complexity index is 913. The summed E-state index contributed by atoms with van der Waals surface area (Å²) in [5, 5.41) is 8.95. The topological polar surface area (TPSA) is 85.3 Å². The number of benzene rings is 2. The summed E-state index contributed by atoms with van der Waals surface area (Å²) in [5.74, 6) is 4.86. The molecule has 2 aromatic carbocycles. The Morgan fingerprint density at radius 3 is 2.13 bits per heavy atom. The van der Waals surface area contributed by atoms with Gasteiger partial charge in [-0.2, -0.15) is 0 Å². The Morgan fingerprint density at radius 1 is 0.870 bits per heavy atom. The lowest BCUT2D eigenvalue weighted by Crippen LogP contribution is -2.28. The third kappa shape index (κ3) is 2.85. The first-order chi connectivity index (χ1) is 11.1. The van der Waals surface area contributed by atoms with Gasteiger partial charge in [-0.05, 0) is 29.3 Å². The number of nitrogen functional groups attached to an aromatic ring is 1. The lowest BCUT2D eigenvalue weighted by molar-refractivity contribution is 0.0697. The van der Waals surface area contributed by atoms with Crippen molar-refractivity contribution in [2.45, 2.75) is 0 Å². The van der Waals surface area contributed by atoms with Crippen molar-refractivity contribution in [2.75, 3.05) is 5.84 Å². The molecule has 114 valence electrons. The molecule has 0 radical (unpaired) electrons. The number of carboxylic acid groups (broad SMARTS) is 1. The van der Waals surface area contributed by atoms with Gasteiger partial charge in [-0.15, -0.1) is 0 Å². The highest BCUT2D eigenvalue weighted by Gasteiger charge is 2.09. The quantitative estimate of drug-likeness (QED) is 0.728. The maximum absolute atomic E-state index is 12.1. The van der Waals surface area contributed by atoms with Gasteiger partial charge in [-0.25, -0.2) is 9.47 Å². The van der Waals surface area contributed by atoms with Crippen LogP contribution >= 0.6 is 0 Å². The van der Waals surface area contributed by atoms with E-state index in [2.05, 4.69) is 0 Å². The molecule has 0 atom stereocenters. The van der Waals surface area contributed by atoms with Crippen molar-refractivity contribution in [3.8, 4) is 22.4 Å². The molecule has 23 heavy (non-hydrogen) atoms. The molecule has 0 unspecified atom stereocenters. The molecule has 0 fully saturated rings. The minimum atomic E-state index is -0.987. The van der Waals surface area contributed by atoms with Gasteiger partial charge >= 0.3 is 5.97 Å². The van der Waals surface area contributed by atoms with Crippen LogP contribution < -0.4 is 11.4 Å². The zero-order chi connectivity index (χ0) is 16.4. The normalized spacial score (nSPS) is 10.4. The molecule has 0 aliphatic carbocycles. The van der Waals surface area contributed by atoms with Crippen LogP contribution in [-0.2, 0) is 0 Å². The van der Waals surface area contributed by atoms with E-state index in [1.807, 2.05) is 36.4 Å². The highest BCUT2D eigenvalue weighted by molar-refractivity contribution is 5.88. The lowest BCUT2D eigenvalue weighted by atomic mass is 10.0. The number of rotatable bonds is 3. The molecule has 5 heteroatoms. The van der Waals surface area contributed by atoms with Crippen LogP contribution in [0.4, 0.5) is 0 Å². The number of pyridine rings is 1. The Balaban J connectivity index is 2.12. The summed E-state index contributed by atoms with van der Waals surface area (Å²) in [6, 6.07) is 19.0. The van der Waals surface area contributed by atoms with Crippen LogP contribution in [0.1, 0.15) is 10.4 Å². The highest BCUT2D eigenvalue weighted by Crippen LogP contribution is 2.24. The third-order valence-electron chi connectivity index (χ3n) is 3.60. The van der Waals surface area contributed by atoms with E-state index in [4.69, 9.17) is 10.9 Å². The molecule has 0 aliphatic heterocycles. The highest BCUT2D eigenvalue weighted by atomic mass is 16.4. The zero-order valence-electron chi connectivity index (χ0n) is 12.1. The first-order valence-electron chi connectivity index (χ1n) is 6.97. The SMILES string of the molecule is Nn1c(-c2ccccc2)cc(-c2ccc(C(=O)O)cc2)cc1=O. The fourth-order valence-corrected chi connectivity index (χ4v) is 2.38. The van der Waals surface area contributed by atoms with E-state index in [-0.39, 0.29) is 11.1 Å². The van der Waals surface area contributed by atoms with Crippen LogP contribution in [0.3, 0.4) is 0 Å². The molecule has 0 amide bonds. The number of aromatic nitrogens is 1. The molecule has 0 saturated heterocycles. The van der Waals surface area contributed by atoms with E-state index in [0.717, 1.165) is 15.8 Å². The van der Waals surface area contributed by atoms with E-state index in [0.29, 0.717) is 11.3 Å². The Kier molecular flexibility index (Phi) is 3.68. The van der Waals surface area contributed by atoms with Crippen LogP contribution in [0.2, 0.25) is 0 Å². The van der Waals surface area contributed by atoms with Gasteiger partial charge in [0.05, 0.1) is 11.3 Å². The average Bonchev–Trinajstić information content (AvgIpc) is 2.58. The molecule has 0 bridgehead atoms. The van der Waals surface area contributed by atoms with Crippen molar-refractivity contribution in [3.05, 3.63) is 82.6 Å².